The minimum atomic E-state index is -4.81. The van der Waals surface area contributed by atoms with Crippen LogP contribution in [0, 0.1) is 0 Å². The Hall–Kier alpha value is -3.78. The van der Waals surface area contributed by atoms with Gasteiger partial charge in [0.25, 0.3) is 0 Å². The number of nitrogens with zero attached hydrogens (tertiary/aromatic N) is 2. The van der Waals surface area contributed by atoms with E-state index >= 15 is 0 Å². The van der Waals surface area contributed by atoms with E-state index in [4.69, 9.17) is 4.42 Å². The summed E-state index contributed by atoms with van der Waals surface area (Å²) in [4.78, 5) is 12.9. The van der Waals surface area contributed by atoms with Gasteiger partial charge in [-0.1, -0.05) is 32.9 Å². The predicted octanol–water partition coefficient (Wildman–Crippen LogP) is 5.26. The largest absolute Gasteiger partial charge is 0.748 e. The highest BCUT2D eigenvalue weighted by molar-refractivity contribution is 7.86. The molecule has 0 fully saturated rings. The van der Waals surface area contributed by atoms with Gasteiger partial charge >= 0.3 is 5.97 Å². The molecule has 1 aromatic rings. The molecular weight excluding hydrogens is 669 g/mol. The van der Waals surface area contributed by atoms with E-state index in [9.17, 15) is 35.8 Å². The SMILES string of the molecule is CC[N+](CC)=c1ccc2c(/C=C/C=C3\N(CCCS(=O)(=O)[O-])c4ccc(S(=O)(=O)[O-])cc4C3(C)CCCC(=O)O)cc(C(C)(C)C)oc-2c1. The fraction of sp³-hybridized carbons (Fsp3) is 0.444. The summed E-state index contributed by atoms with van der Waals surface area (Å²) in [5, 5.41) is 10.4. The zero-order chi connectivity index (χ0) is 36.4. The van der Waals surface area contributed by atoms with Gasteiger partial charge < -0.3 is 23.5 Å². The smallest absolute Gasteiger partial charge is 0.303 e. The number of carboxylic acid groups (broad SMARTS) is 1. The number of hydrogen-bond donors (Lipinski definition) is 1. The molecule has 0 radical (unpaired) electrons. The highest BCUT2D eigenvalue weighted by Gasteiger charge is 2.43. The topological polar surface area (TPSA) is 171 Å². The van der Waals surface area contributed by atoms with Gasteiger partial charge in [-0.15, -0.1) is 0 Å². The molecule has 1 aromatic carbocycles. The van der Waals surface area contributed by atoms with Crippen molar-refractivity contribution in [1.82, 2.24) is 4.58 Å². The number of fused-ring (bicyclic) bond motifs is 2. The maximum absolute atomic E-state index is 12.0. The van der Waals surface area contributed by atoms with Crippen molar-refractivity contribution in [3.05, 3.63) is 82.6 Å². The molecule has 49 heavy (non-hydrogen) atoms. The van der Waals surface area contributed by atoms with E-state index in [1.165, 1.54) is 18.2 Å². The molecule has 1 unspecified atom stereocenters. The number of rotatable bonds is 13. The average Bonchev–Trinajstić information content (AvgIpc) is 3.22. The molecule has 0 saturated carbocycles. The van der Waals surface area contributed by atoms with Crippen LogP contribution >= 0.6 is 0 Å². The Morgan fingerprint density at radius 3 is 2.31 bits per heavy atom. The van der Waals surface area contributed by atoms with Crippen molar-refractivity contribution in [2.24, 2.45) is 0 Å². The van der Waals surface area contributed by atoms with Crippen LogP contribution in [0.15, 0.2) is 69.6 Å². The predicted molar refractivity (Wildman–Crippen MR) is 187 cm³/mol. The molecule has 3 aliphatic rings. The summed E-state index contributed by atoms with van der Waals surface area (Å²) in [6.07, 6.45) is 6.03. The molecular formula is C36H45N2O9S2-. The second-order valence-electron chi connectivity index (χ2n) is 13.6. The molecule has 1 N–H and O–H groups in total. The lowest BCUT2D eigenvalue weighted by Gasteiger charge is -2.30. The minimum Gasteiger partial charge on any atom is -0.748 e. The van der Waals surface area contributed by atoms with Gasteiger partial charge in [0.15, 0.2) is 0 Å². The maximum atomic E-state index is 12.0. The van der Waals surface area contributed by atoms with Crippen LogP contribution in [-0.4, -0.2) is 62.4 Å². The summed E-state index contributed by atoms with van der Waals surface area (Å²) in [6.45, 7) is 14.0. The number of carboxylic acids is 1. The number of carbonyl (C=O) groups is 1. The van der Waals surface area contributed by atoms with Crippen molar-refractivity contribution in [3.8, 4) is 11.3 Å². The average molecular weight is 714 g/mol. The first-order chi connectivity index (χ1) is 22.8. The van der Waals surface area contributed by atoms with Crippen molar-refractivity contribution in [2.75, 3.05) is 30.3 Å². The molecule has 1 aliphatic carbocycles. The third-order valence-electron chi connectivity index (χ3n) is 9.02. The maximum Gasteiger partial charge on any atom is 0.303 e. The lowest BCUT2D eigenvalue weighted by Crippen LogP contribution is -2.30. The van der Waals surface area contributed by atoms with Crippen LogP contribution in [0.5, 0.6) is 0 Å². The first kappa shape index (κ1) is 38.0. The molecule has 0 saturated heterocycles. The lowest BCUT2D eigenvalue weighted by atomic mass is 9.77. The highest BCUT2D eigenvalue weighted by atomic mass is 32.2. The highest BCUT2D eigenvalue weighted by Crippen LogP contribution is 2.51. The molecule has 2 aliphatic heterocycles. The van der Waals surface area contributed by atoms with Gasteiger partial charge in [-0.25, -0.2) is 21.4 Å². The van der Waals surface area contributed by atoms with Crippen LogP contribution in [0.3, 0.4) is 0 Å². The molecule has 0 bridgehead atoms. The van der Waals surface area contributed by atoms with Gasteiger partial charge in [-0.2, -0.15) is 0 Å². The Morgan fingerprint density at radius 2 is 1.71 bits per heavy atom. The van der Waals surface area contributed by atoms with Gasteiger partial charge in [-0.3, -0.25) is 4.79 Å². The Bertz CT molecular complexity index is 2030. The van der Waals surface area contributed by atoms with Crippen LogP contribution in [0.25, 0.3) is 17.4 Å². The lowest BCUT2D eigenvalue weighted by molar-refractivity contribution is -0.137. The van der Waals surface area contributed by atoms with Crippen LogP contribution in [0.2, 0.25) is 0 Å². The number of hydrogen-bond acceptors (Lipinski definition) is 9. The van der Waals surface area contributed by atoms with Gasteiger partial charge in [0.1, 0.15) is 34.7 Å². The summed E-state index contributed by atoms with van der Waals surface area (Å²) in [6, 6.07) is 12.1. The van der Waals surface area contributed by atoms with Crippen LogP contribution in [-0.2, 0) is 35.9 Å². The molecule has 2 heterocycles. The minimum absolute atomic E-state index is 0.00617. The van der Waals surface area contributed by atoms with E-state index in [0.717, 1.165) is 41.1 Å². The van der Waals surface area contributed by atoms with E-state index in [0.29, 0.717) is 23.4 Å². The number of anilines is 1. The molecule has 0 amide bonds. The molecule has 266 valence electrons. The molecule has 11 nitrogen and oxygen atoms in total. The number of benzene rings is 2. The van der Waals surface area contributed by atoms with E-state index in [1.807, 2.05) is 48.3 Å². The molecule has 13 heteroatoms. The first-order valence-electron chi connectivity index (χ1n) is 16.4. The molecule has 0 aromatic heterocycles. The number of aliphatic carboxylic acids is 1. The van der Waals surface area contributed by atoms with Crippen molar-refractivity contribution in [1.29, 1.82) is 0 Å². The van der Waals surface area contributed by atoms with E-state index in [2.05, 4.69) is 45.3 Å². The Balaban J connectivity index is 1.91. The second-order valence-corrected chi connectivity index (χ2v) is 16.5. The van der Waals surface area contributed by atoms with Gasteiger partial charge in [0, 0.05) is 52.6 Å². The summed E-state index contributed by atoms with van der Waals surface area (Å²) in [7, 11) is -9.31. The van der Waals surface area contributed by atoms with Gasteiger partial charge in [0.05, 0.1) is 21.1 Å². The summed E-state index contributed by atoms with van der Waals surface area (Å²) < 4.78 is 79.2. The van der Waals surface area contributed by atoms with Crippen molar-refractivity contribution < 1.29 is 40.3 Å². The van der Waals surface area contributed by atoms with Crippen molar-refractivity contribution >= 4 is 38.0 Å². The van der Waals surface area contributed by atoms with Crippen molar-refractivity contribution in [2.45, 2.75) is 83.0 Å². The Morgan fingerprint density at radius 1 is 1.02 bits per heavy atom. The zero-order valence-corrected chi connectivity index (χ0v) is 30.5. The summed E-state index contributed by atoms with van der Waals surface area (Å²) >= 11 is 0. The third-order valence-corrected chi connectivity index (χ3v) is 10.6. The fourth-order valence-corrected chi connectivity index (χ4v) is 7.40. The van der Waals surface area contributed by atoms with Crippen molar-refractivity contribution in [3.63, 3.8) is 0 Å². The van der Waals surface area contributed by atoms with Gasteiger partial charge in [0.2, 0.25) is 5.36 Å². The number of allylic oxidation sites excluding steroid dienone is 3. The van der Waals surface area contributed by atoms with Crippen LogP contribution in [0.1, 0.15) is 84.1 Å². The monoisotopic (exact) mass is 713 g/mol. The van der Waals surface area contributed by atoms with E-state index in [1.54, 1.807) is 0 Å². The fourth-order valence-electron chi connectivity index (χ4n) is 6.42. The third kappa shape index (κ3) is 8.88. The molecule has 1 atom stereocenters. The van der Waals surface area contributed by atoms with Crippen LogP contribution < -0.4 is 14.8 Å². The Labute approximate surface area is 289 Å². The van der Waals surface area contributed by atoms with Crippen LogP contribution in [0.4, 0.5) is 5.69 Å². The second kappa shape index (κ2) is 14.6. The molecule has 4 rings (SSSR count). The quantitative estimate of drug-likeness (QED) is 0.182. The Kier molecular flexibility index (Phi) is 11.3. The normalized spacial score (nSPS) is 17.7. The first-order valence-corrected chi connectivity index (χ1v) is 19.4. The zero-order valence-electron chi connectivity index (χ0n) is 28.9. The van der Waals surface area contributed by atoms with Gasteiger partial charge in [-0.05, 0) is 87.6 Å². The van der Waals surface area contributed by atoms with E-state index < -0.39 is 42.3 Å². The standard InChI is InChI=1S/C36H46N2O9S2/c1-7-37(8-2)26-15-17-28-25(22-33(35(3,4)5)47-31(28)23-26)12-9-13-32-36(6,19-10-14-34(39)40)29-24-27(49(44,45)46)16-18-30(29)38(32)20-11-21-48(41,42)43/h9,12-13,15-18,22-24H,7-8,10-11,14,19-21H2,1-6H3,(H2-,39,40,41,42,43,44,45,46)/p-1. The molecule has 0 spiro atoms. The summed E-state index contributed by atoms with van der Waals surface area (Å²) in [5.41, 5.74) is 2.24. The van der Waals surface area contributed by atoms with E-state index in [-0.39, 0.29) is 31.2 Å². The summed E-state index contributed by atoms with van der Waals surface area (Å²) in [5.74, 6) is -0.0824.